The van der Waals surface area contributed by atoms with E-state index in [1.54, 1.807) is 0 Å². The van der Waals surface area contributed by atoms with Gasteiger partial charge >= 0.3 is 0 Å². The van der Waals surface area contributed by atoms with Crippen LogP contribution in [0.4, 0.5) is 0 Å². The van der Waals surface area contributed by atoms with Crippen LogP contribution in [0.1, 0.15) is 36.3 Å². The van der Waals surface area contributed by atoms with Crippen molar-refractivity contribution in [2.45, 2.75) is 30.6 Å². The summed E-state index contributed by atoms with van der Waals surface area (Å²) >= 11 is 1.95. The molecule has 1 aliphatic rings. The van der Waals surface area contributed by atoms with E-state index in [0.717, 1.165) is 16.5 Å². The summed E-state index contributed by atoms with van der Waals surface area (Å²) in [6.45, 7) is 4.65. The molecule has 1 amide bonds. The van der Waals surface area contributed by atoms with Crippen molar-refractivity contribution in [2.24, 2.45) is 0 Å². The van der Waals surface area contributed by atoms with E-state index in [-0.39, 0.29) is 11.3 Å². The lowest BCUT2D eigenvalue weighted by Gasteiger charge is -2.32. The molecule has 26 heavy (non-hydrogen) atoms. The van der Waals surface area contributed by atoms with E-state index in [0.29, 0.717) is 5.69 Å². The van der Waals surface area contributed by atoms with E-state index in [2.05, 4.69) is 54.6 Å². The molecule has 1 aliphatic heterocycles. The summed E-state index contributed by atoms with van der Waals surface area (Å²) in [6.07, 6.45) is 1.20. The molecule has 3 aromatic rings. The predicted octanol–water partition coefficient (Wildman–Crippen LogP) is 4.90. The fourth-order valence-electron chi connectivity index (χ4n) is 3.49. The molecule has 0 spiro atoms. The Hall–Kier alpha value is -2.24. The SMILES string of the molecule is CONC(=O)c1cc2ccc(-c3ccc4c(c3)C(C)(C)CCS4)cc2[nH]1. The van der Waals surface area contributed by atoms with Gasteiger partial charge in [0.15, 0.2) is 0 Å². The average Bonchev–Trinajstić information content (AvgIpc) is 3.05. The highest BCUT2D eigenvalue weighted by molar-refractivity contribution is 7.99. The first kappa shape index (κ1) is 17.2. The molecule has 4 nitrogen and oxygen atoms in total. The van der Waals surface area contributed by atoms with Gasteiger partial charge in [-0.3, -0.25) is 9.63 Å². The number of hydroxylamine groups is 1. The largest absolute Gasteiger partial charge is 0.350 e. The zero-order valence-corrected chi connectivity index (χ0v) is 16.0. The van der Waals surface area contributed by atoms with Crippen molar-refractivity contribution < 1.29 is 9.63 Å². The summed E-state index contributed by atoms with van der Waals surface area (Å²) in [5, 5.41) is 1.00. The first-order chi connectivity index (χ1) is 12.5. The Morgan fingerprint density at radius 3 is 2.73 bits per heavy atom. The van der Waals surface area contributed by atoms with Crippen LogP contribution < -0.4 is 5.48 Å². The Kier molecular flexibility index (Phi) is 4.29. The normalized spacial score (nSPS) is 15.7. The standard InChI is InChI=1S/C21H22N2O2S/c1-21(2)8-9-26-19-7-6-13(10-16(19)21)14-4-5-15-12-18(20(24)23-25-3)22-17(15)11-14/h4-7,10-12,22H,8-9H2,1-3H3,(H,23,24). The second kappa shape index (κ2) is 6.49. The van der Waals surface area contributed by atoms with Gasteiger partial charge in [0, 0.05) is 15.8 Å². The number of fused-ring (bicyclic) bond motifs is 2. The van der Waals surface area contributed by atoms with Crippen molar-refractivity contribution in [3.05, 3.63) is 53.7 Å². The van der Waals surface area contributed by atoms with Gasteiger partial charge in [0.1, 0.15) is 5.69 Å². The molecule has 2 aromatic carbocycles. The lowest BCUT2D eigenvalue weighted by atomic mass is 9.80. The molecule has 0 aliphatic carbocycles. The van der Waals surface area contributed by atoms with Crippen LogP contribution in [0.5, 0.6) is 0 Å². The summed E-state index contributed by atoms with van der Waals surface area (Å²) in [5.74, 6) is 0.901. The van der Waals surface area contributed by atoms with Crippen molar-refractivity contribution >= 4 is 28.6 Å². The highest BCUT2D eigenvalue weighted by atomic mass is 32.2. The number of benzene rings is 2. The zero-order chi connectivity index (χ0) is 18.3. The molecule has 134 valence electrons. The number of aromatic nitrogens is 1. The van der Waals surface area contributed by atoms with Crippen LogP contribution in [0, 0.1) is 0 Å². The first-order valence-corrected chi connectivity index (χ1v) is 9.70. The Labute approximate surface area is 157 Å². The third kappa shape index (κ3) is 3.02. The van der Waals surface area contributed by atoms with E-state index in [1.165, 1.54) is 35.3 Å². The smallest absolute Gasteiger partial charge is 0.291 e. The fraction of sp³-hybridized carbons (Fsp3) is 0.286. The fourth-order valence-corrected chi connectivity index (χ4v) is 4.98. The van der Waals surface area contributed by atoms with E-state index in [4.69, 9.17) is 4.84 Å². The molecule has 0 atom stereocenters. The minimum absolute atomic E-state index is 0.207. The van der Waals surface area contributed by atoms with Gasteiger partial charge in [0.2, 0.25) is 0 Å². The molecule has 4 rings (SSSR count). The highest BCUT2D eigenvalue weighted by Gasteiger charge is 2.28. The average molecular weight is 366 g/mol. The van der Waals surface area contributed by atoms with Gasteiger partial charge in [-0.25, -0.2) is 5.48 Å². The second-order valence-corrected chi connectivity index (χ2v) is 8.45. The van der Waals surface area contributed by atoms with E-state index in [9.17, 15) is 4.79 Å². The lowest BCUT2D eigenvalue weighted by Crippen LogP contribution is -2.22. The van der Waals surface area contributed by atoms with Crippen LogP contribution in [0.15, 0.2) is 47.4 Å². The van der Waals surface area contributed by atoms with Gasteiger partial charge in [-0.05, 0) is 58.5 Å². The van der Waals surface area contributed by atoms with Crippen LogP contribution in [0.25, 0.3) is 22.0 Å². The summed E-state index contributed by atoms with van der Waals surface area (Å²) in [4.78, 5) is 21.2. The maximum absolute atomic E-state index is 11.9. The third-order valence-electron chi connectivity index (χ3n) is 5.09. The molecule has 0 saturated heterocycles. The molecule has 1 aromatic heterocycles. The number of hydrogen-bond donors (Lipinski definition) is 2. The molecule has 0 saturated carbocycles. The predicted molar refractivity (Wildman–Crippen MR) is 107 cm³/mol. The molecule has 0 fully saturated rings. The molecule has 0 radical (unpaired) electrons. The monoisotopic (exact) mass is 366 g/mol. The summed E-state index contributed by atoms with van der Waals surface area (Å²) in [6, 6.07) is 14.8. The number of nitrogens with one attached hydrogen (secondary N) is 2. The van der Waals surface area contributed by atoms with Crippen LogP contribution in [-0.4, -0.2) is 23.8 Å². The van der Waals surface area contributed by atoms with Crippen molar-refractivity contribution in [2.75, 3.05) is 12.9 Å². The first-order valence-electron chi connectivity index (χ1n) is 8.72. The van der Waals surface area contributed by atoms with Gasteiger partial charge < -0.3 is 4.98 Å². The van der Waals surface area contributed by atoms with Crippen LogP contribution >= 0.6 is 11.8 Å². The maximum atomic E-state index is 11.9. The number of rotatable bonds is 3. The number of thioether (sulfide) groups is 1. The quantitative estimate of drug-likeness (QED) is 0.648. The third-order valence-corrected chi connectivity index (χ3v) is 6.16. The molecule has 0 unspecified atom stereocenters. The molecular weight excluding hydrogens is 344 g/mol. The lowest BCUT2D eigenvalue weighted by molar-refractivity contribution is 0.0533. The number of carbonyl (C=O) groups is 1. The van der Waals surface area contributed by atoms with Gasteiger partial charge in [-0.15, -0.1) is 11.8 Å². The Morgan fingerprint density at radius 1 is 1.15 bits per heavy atom. The van der Waals surface area contributed by atoms with Gasteiger partial charge in [-0.2, -0.15) is 0 Å². The Bertz CT molecular complexity index is 991. The number of carbonyl (C=O) groups excluding carboxylic acids is 1. The minimum atomic E-state index is -0.280. The summed E-state index contributed by atoms with van der Waals surface area (Å²) in [7, 11) is 1.43. The van der Waals surface area contributed by atoms with Crippen LogP contribution in [-0.2, 0) is 10.3 Å². The van der Waals surface area contributed by atoms with Crippen molar-refractivity contribution in [1.29, 1.82) is 0 Å². The van der Waals surface area contributed by atoms with E-state index in [1.807, 2.05) is 23.9 Å². The Balaban J connectivity index is 1.74. The number of H-pyrrole nitrogens is 1. The number of amides is 1. The summed E-state index contributed by atoms with van der Waals surface area (Å²) in [5.41, 5.74) is 7.76. The molecular formula is C21H22N2O2S. The van der Waals surface area contributed by atoms with Crippen molar-refractivity contribution in [3.8, 4) is 11.1 Å². The van der Waals surface area contributed by atoms with Gasteiger partial charge in [0.05, 0.1) is 7.11 Å². The number of aromatic amines is 1. The Morgan fingerprint density at radius 2 is 1.92 bits per heavy atom. The van der Waals surface area contributed by atoms with Crippen molar-refractivity contribution in [1.82, 2.24) is 10.5 Å². The molecule has 2 heterocycles. The van der Waals surface area contributed by atoms with Crippen LogP contribution in [0.3, 0.4) is 0 Å². The van der Waals surface area contributed by atoms with Crippen molar-refractivity contribution in [3.63, 3.8) is 0 Å². The maximum Gasteiger partial charge on any atom is 0.291 e. The van der Waals surface area contributed by atoms with E-state index >= 15 is 0 Å². The zero-order valence-electron chi connectivity index (χ0n) is 15.2. The number of hydrogen-bond acceptors (Lipinski definition) is 3. The summed E-state index contributed by atoms with van der Waals surface area (Å²) < 4.78 is 0. The minimum Gasteiger partial charge on any atom is -0.350 e. The topological polar surface area (TPSA) is 54.1 Å². The highest BCUT2D eigenvalue weighted by Crippen LogP contribution is 2.43. The molecule has 2 N–H and O–H groups in total. The van der Waals surface area contributed by atoms with E-state index < -0.39 is 0 Å². The van der Waals surface area contributed by atoms with Gasteiger partial charge in [0.25, 0.3) is 5.91 Å². The van der Waals surface area contributed by atoms with Gasteiger partial charge in [-0.1, -0.05) is 32.0 Å². The molecule has 5 heteroatoms. The van der Waals surface area contributed by atoms with Crippen LogP contribution in [0.2, 0.25) is 0 Å². The molecule has 0 bridgehead atoms. The second-order valence-electron chi connectivity index (χ2n) is 7.31.